The Morgan fingerprint density at radius 3 is 2.52 bits per heavy atom. The molecule has 6 nitrogen and oxygen atoms in total. The molecule has 0 spiro atoms. The number of aryl methyl sites for hydroxylation is 1. The van der Waals surface area contributed by atoms with Gasteiger partial charge in [0, 0.05) is 32.3 Å². The molecule has 2 aromatic rings. The molecule has 3 heterocycles. The fourth-order valence-electron chi connectivity index (χ4n) is 2.71. The third kappa shape index (κ3) is 3.13. The summed E-state index contributed by atoms with van der Waals surface area (Å²) in [6.07, 6.45) is 2.84. The number of carbonyl (C=O) groups is 2. The van der Waals surface area contributed by atoms with E-state index in [1.807, 2.05) is 0 Å². The molecular formula is C14H14Cl2N4O2S. The molecule has 9 heteroatoms. The van der Waals surface area contributed by atoms with Crippen molar-refractivity contribution in [1.82, 2.24) is 19.1 Å². The van der Waals surface area contributed by atoms with Gasteiger partial charge in [0.2, 0.25) is 0 Å². The Morgan fingerprint density at radius 1 is 1.30 bits per heavy atom. The Morgan fingerprint density at radius 2 is 2.00 bits per heavy atom. The van der Waals surface area contributed by atoms with Crippen LogP contribution in [0.5, 0.6) is 0 Å². The highest BCUT2D eigenvalue weighted by atomic mass is 35.5. The van der Waals surface area contributed by atoms with Crippen molar-refractivity contribution in [3.63, 3.8) is 0 Å². The van der Waals surface area contributed by atoms with E-state index in [9.17, 15) is 9.59 Å². The van der Waals surface area contributed by atoms with Crippen LogP contribution in [0.3, 0.4) is 0 Å². The van der Waals surface area contributed by atoms with E-state index in [1.54, 1.807) is 28.9 Å². The molecule has 1 amide bonds. The van der Waals surface area contributed by atoms with E-state index in [4.69, 9.17) is 23.2 Å². The van der Waals surface area contributed by atoms with Crippen LogP contribution in [-0.4, -0.2) is 43.8 Å². The van der Waals surface area contributed by atoms with Crippen molar-refractivity contribution >= 4 is 46.4 Å². The molecule has 0 N–H and O–H groups in total. The highest BCUT2D eigenvalue weighted by Gasteiger charge is 2.31. The van der Waals surface area contributed by atoms with Crippen LogP contribution in [0.2, 0.25) is 9.36 Å². The maximum Gasteiger partial charge on any atom is 0.275 e. The topological polar surface area (TPSA) is 68.1 Å². The molecule has 122 valence electrons. The van der Waals surface area contributed by atoms with E-state index in [1.165, 1.54) is 0 Å². The van der Waals surface area contributed by atoms with Gasteiger partial charge in [-0.05, 0) is 30.4 Å². The molecule has 23 heavy (non-hydrogen) atoms. The highest BCUT2D eigenvalue weighted by molar-refractivity contribution is 7.11. The molecule has 0 aliphatic carbocycles. The molecule has 1 aliphatic heterocycles. The quantitative estimate of drug-likeness (QED) is 0.776. The van der Waals surface area contributed by atoms with Crippen LogP contribution in [0, 0.1) is 5.92 Å². The number of likely N-dealkylation sites (tertiary alicyclic amines) is 1. The lowest BCUT2D eigenvalue weighted by Gasteiger charge is -2.30. The molecule has 3 rings (SSSR count). The van der Waals surface area contributed by atoms with Crippen molar-refractivity contribution in [3.8, 4) is 0 Å². The fraction of sp³-hybridized carbons (Fsp3) is 0.429. The van der Waals surface area contributed by atoms with E-state index in [2.05, 4.69) is 9.47 Å². The molecule has 0 unspecified atom stereocenters. The van der Waals surface area contributed by atoms with Crippen molar-refractivity contribution in [2.24, 2.45) is 13.0 Å². The number of hydrogen-bond donors (Lipinski definition) is 0. The zero-order valence-corrected chi connectivity index (χ0v) is 14.7. The highest BCUT2D eigenvalue weighted by Crippen LogP contribution is 2.31. The lowest BCUT2D eigenvalue weighted by atomic mass is 9.91. The predicted octanol–water partition coefficient (Wildman–Crippen LogP) is 2.92. The minimum Gasteiger partial charge on any atom is -0.337 e. The number of amides is 1. The van der Waals surface area contributed by atoms with Crippen LogP contribution in [0.4, 0.5) is 0 Å². The first-order chi connectivity index (χ1) is 11.0. The van der Waals surface area contributed by atoms with Gasteiger partial charge in [0.15, 0.2) is 11.5 Å². The average molecular weight is 373 g/mol. The summed E-state index contributed by atoms with van der Waals surface area (Å²) < 4.78 is 5.90. The summed E-state index contributed by atoms with van der Waals surface area (Å²) in [6.45, 7) is 0.997. The van der Waals surface area contributed by atoms with Gasteiger partial charge < -0.3 is 4.90 Å². The Balaban J connectivity index is 1.64. The van der Waals surface area contributed by atoms with Gasteiger partial charge in [-0.2, -0.15) is 9.47 Å². The predicted molar refractivity (Wildman–Crippen MR) is 88.3 cm³/mol. The second kappa shape index (κ2) is 6.59. The van der Waals surface area contributed by atoms with Crippen molar-refractivity contribution < 1.29 is 9.59 Å². The number of aromatic nitrogens is 3. The summed E-state index contributed by atoms with van der Waals surface area (Å²) in [4.78, 5) is 26.6. The summed E-state index contributed by atoms with van der Waals surface area (Å²) in [5.41, 5.74) is 0.794. The van der Waals surface area contributed by atoms with Gasteiger partial charge in [0.1, 0.15) is 15.1 Å². The molecule has 0 saturated carbocycles. The van der Waals surface area contributed by atoms with E-state index in [0.717, 1.165) is 11.5 Å². The summed E-state index contributed by atoms with van der Waals surface area (Å²) in [5, 5.41) is 4.23. The lowest BCUT2D eigenvalue weighted by Crippen LogP contribution is -2.40. The number of carbonyl (C=O) groups excluding carboxylic acids is 2. The van der Waals surface area contributed by atoms with Gasteiger partial charge in [0.05, 0.1) is 0 Å². The third-order valence-corrected chi connectivity index (χ3v) is 5.64. The summed E-state index contributed by atoms with van der Waals surface area (Å²) in [7, 11) is 1.75. The maximum atomic E-state index is 12.5. The van der Waals surface area contributed by atoms with Gasteiger partial charge >= 0.3 is 0 Å². The Labute approximate surface area is 147 Å². The molecule has 0 bridgehead atoms. The SMILES string of the molecule is Cn1nccc1C(=O)C1CCN(C(=O)c2nsc(Cl)c2Cl)CC1. The van der Waals surface area contributed by atoms with Crippen LogP contribution < -0.4 is 0 Å². The lowest BCUT2D eigenvalue weighted by molar-refractivity contribution is 0.0644. The number of rotatable bonds is 3. The molecule has 1 saturated heterocycles. The van der Waals surface area contributed by atoms with Gasteiger partial charge in [-0.25, -0.2) is 0 Å². The van der Waals surface area contributed by atoms with Gasteiger partial charge in [-0.15, -0.1) is 0 Å². The first kappa shape index (κ1) is 16.4. The number of piperidine rings is 1. The Hall–Kier alpha value is -1.44. The summed E-state index contributed by atoms with van der Waals surface area (Å²) in [5.74, 6) is -0.250. The first-order valence-electron chi connectivity index (χ1n) is 7.11. The summed E-state index contributed by atoms with van der Waals surface area (Å²) >= 11 is 12.8. The van der Waals surface area contributed by atoms with Crippen LogP contribution in [0.1, 0.15) is 33.8 Å². The molecule has 2 aromatic heterocycles. The van der Waals surface area contributed by atoms with E-state index < -0.39 is 0 Å². The standard InChI is InChI=1S/C14H14Cl2N4O2S/c1-19-9(2-5-17-19)12(21)8-3-6-20(7-4-8)14(22)11-10(15)13(16)23-18-11/h2,5,8H,3-4,6-7H2,1H3. The average Bonchev–Trinajstić information content (AvgIpc) is 3.13. The van der Waals surface area contributed by atoms with Gasteiger partial charge in [-0.3, -0.25) is 14.3 Å². The van der Waals surface area contributed by atoms with Crippen molar-refractivity contribution in [3.05, 3.63) is 33.0 Å². The number of hydrogen-bond acceptors (Lipinski definition) is 5. The monoisotopic (exact) mass is 372 g/mol. The second-order valence-electron chi connectivity index (χ2n) is 5.39. The van der Waals surface area contributed by atoms with Crippen LogP contribution in [0.25, 0.3) is 0 Å². The van der Waals surface area contributed by atoms with E-state index in [0.29, 0.717) is 36.0 Å². The minimum atomic E-state index is -0.232. The van der Waals surface area contributed by atoms with Crippen LogP contribution in [0.15, 0.2) is 12.3 Å². The molecule has 0 aromatic carbocycles. The smallest absolute Gasteiger partial charge is 0.275 e. The first-order valence-corrected chi connectivity index (χ1v) is 8.64. The Kier molecular flexibility index (Phi) is 4.70. The zero-order chi connectivity index (χ0) is 16.6. The van der Waals surface area contributed by atoms with E-state index >= 15 is 0 Å². The van der Waals surface area contributed by atoms with Crippen molar-refractivity contribution in [1.29, 1.82) is 0 Å². The van der Waals surface area contributed by atoms with Crippen molar-refractivity contribution in [2.75, 3.05) is 13.1 Å². The maximum absolute atomic E-state index is 12.5. The van der Waals surface area contributed by atoms with E-state index in [-0.39, 0.29) is 28.3 Å². The van der Waals surface area contributed by atoms with Gasteiger partial charge in [0.25, 0.3) is 5.91 Å². The normalized spacial score (nSPS) is 15.9. The Bertz CT molecular complexity index is 750. The minimum absolute atomic E-state index is 0.0758. The number of ketones is 1. The molecule has 0 atom stereocenters. The number of Topliss-reactive ketones (excluding diaryl/α,β-unsaturated/α-hetero) is 1. The second-order valence-corrected chi connectivity index (χ2v) is 7.14. The van der Waals surface area contributed by atoms with Gasteiger partial charge in [-0.1, -0.05) is 23.2 Å². The number of halogens is 2. The number of nitrogens with zero attached hydrogens (tertiary/aromatic N) is 4. The zero-order valence-electron chi connectivity index (χ0n) is 12.3. The molecule has 0 radical (unpaired) electrons. The molecule has 1 aliphatic rings. The third-order valence-electron chi connectivity index (χ3n) is 4.03. The largest absolute Gasteiger partial charge is 0.337 e. The van der Waals surface area contributed by atoms with Crippen LogP contribution in [-0.2, 0) is 7.05 Å². The summed E-state index contributed by atoms with van der Waals surface area (Å²) in [6, 6.07) is 1.72. The molecule has 1 fully saturated rings. The molecular weight excluding hydrogens is 359 g/mol. The van der Waals surface area contributed by atoms with Crippen molar-refractivity contribution in [2.45, 2.75) is 12.8 Å². The van der Waals surface area contributed by atoms with Crippen LogP contribution >= 0.6 is 34.7 Å². The fourth-order valence-corrected chi connectivity index (χ4v) is 3.70.